The van der Waals surface area contributed by atoms with E-state index in [0.29, 0.717) is 23.1 Å². The molecular weight excluding hydrogens is 410 g/mol. The van der Waals surface area contributed by atoms with E-state index in [4.69, 9.17) is 0 Å². The van der Waals surface area contributed by atoms with Gasteiger partial charge < -0.3 is 10.6 Å². The van der Waals surface area contributed by atoms with E-state index in [0.717, 1.165) is 23.7 Å². The van der Waals surface area contributed by atoms with Gasteiger partial charge in [-0.1, -0.05) is 19.4 Å². The van der Waals surface area contributed by atoms with Crippen LogP contribution in [0.25, 0.3) is 0 Å². The first-order valence-corrected chi connectivity index (χ1v) is 9.69. The second-order valence-electron chi connectivity index (χ2n) is 6.45. The van der Waals surface area contributed by atoms with Crippen LogP contribution in [-0.2, 0) is 4.79 Å². The zero-order valence-corrected chi connectivity index (χ0v) is 16.5. The average Bonchev–Trinajstić information content (AvgIpc) is 3.13. The van der Waals surface area contributed by atoms with Gasteiger partial charge in [0.15, 0.2) is 0 Å². The number of amides is 2. The Balaban J connectivity index is 1.60. The highest BCUT2D eigenvalue weighted by Crippen LogP contribution is 2.16. The molecule has 1 fully saturated rings. The normalized spacial score (nSPS) is 18.9. The maximum absolute atomic E-state index is 12.4. The molecule has 142 valence electrons. The van der Waals surface area contributed by atoms with Crippen LogP contribution in [0.3, 0.4) is 0 Å². The number of hydrogen-bond acceptors (Lipinski definition) is 5. The summed E-state index contributed by atoms with van der Waals surface area (Å²) in [5.41, 5.74) is 7.21. The number of pyridine rings is 1. The number of benzene rings is 1. The van der Waals surface area contributed by atoms with Gasteiger partial charge in [-0.25, -0.2) is 10.4 Å². The van der Waals surface area contributed by atoms with Gasteiger partial charge in [-0.15, -0.1) is 0 Å². The minimum absolute atomic E-state index is 0.117. The molecular formula is C19H22BrN5O2. The summed E-state index contributed by atoms with van der Waals surface area (Å²) in [4.78, 5) is 29.0. The molecule has 7 nitrogen and oxygen atoms in total. The molecule has 3 rings (SSSR count). The SMILES string of the molecule is CCCC1CC(C(=O)Nc2cccc(C(=O)Nc3ccc(Br)cn3)c2)NN1. The van der Waals surface area contributed by atoms with Crippen molar-refractivity contribution in [2.45, 2.75) is 38.3 Å². The molecule has 1 aliphatic rings. The number of hydrogen-bond donors (Lipinski definition) is 4. The highest BCUT2D eigenvalue weighted by Gasteiger charge is 2.28. The first kappa shape index (κ1) is 19.5. The molecule has 2 unspecified atom stereocenters. The number of aromatic nitrogens is 1. The van der Waals surface area contributed by atoms with E-state index < -0.39 is 0 Å². The molecule has 27 heavy (non-hydrogen) atoms. The van der Waals surface area contributed by atoms with Crippen LogP contribution in [0, 0.1) is 0 Å². The maximum atomic E-state index is 12.4. The highest BCUT2D eigenvalue weighted by molar-refractivity contribution is 9.10. The molecule has 0 spiro atoms. The standard InChI is InChI=1S/C19H22BrN5O2/c1-2-4-15-10-16(25-24-15)19(27)22-14-6-3-5-12(9-14)18(26)23-17-8-7-13(20)11-21-17/h3,5-9,11,15-16,24-25H,2,4,10H2,1H3,(H,22,27)(H,21,23,26). The van der Waals surface area contributed by atoms with E-state index in [1.165, 1.54) is 0 Å². The van der Waals surface area contributed by atoms with E-state index in [-0.39, 0.29) is 17.9 Å². The zero-order chi connectivity index (χ0) is 19.2. The molecule has 0 aliphatic carbocycles. The minimum atomic E-state index is -0.287. The van der Waals surface area contributed by atoms with Gasteiger partial charge in [-0.3, -0.25) is 15.0 Å². The number of nitrogens with one attached hydrogen (secondary N) is 4. The van der Waals surface area contributed by atoms with Crippen molar-refractivity contribution in [3.05, 3.63) is 52.6 Å². The molecule has 1 aromatic heterocycles. The lowest BCUT2D eigenvalue weighted by Gasteiger charge is -2.12. The van der Waals surface area contributed by atoms with Crippen molar-refractivity contribution in [1.29, 1.82) is 0 Å². The quantitative estimate of drug-likeness (QED) is 0.563. The second kappa shape index (κ2) is 9.07. The van der Waals surface area contributed by atoms with E-state index in [1.807, 2.05) is 0 Å². The second-order valence-corrected chi connectivity index (χ2v) is 7.36. The van der Waals surface area contributed by atoms with Crippen molar-refractivity contribution < 1.29 is 9.59 Å². The molecule has 1 aliphatic heterocycles. The van der Waals surface area contributed by atoms with Crippen LogP contribution in [0.1, 0.15) is 36.5 Å². The van der Waals surface area contributed by atoms with E-state index >= 15 is 0 Å². The highest BCUT2D eigenvalue weighted by atomic mass is 79.9. The van der Waals surface area contributed by atoms with Crippen molar-refractivity contribution in [3.63, 3.8) is 0 Å². The summed E-state index contributed by atoms with van der Waals surface area (Å²) in [7, 11) is 0. The largest absolute Gasteiger partial charge is 0.325 e. The van der Waals surface area contributed by atoms with Gasteiger partial charge >= 0.3 is 0 Å². The smallest absolute Gasteiger partial charge is 0.256 e. The fraction of sp³-hybridized carbons (Fsp3) is 0.316. The lowest BCUT2D eigenvalue weighted by Crippen LogP contribution is -2.40. The third-order valence-corrected chi connectivity index (χ3v) is 4.77. The van der Waals surface area contributed by atoms with Crippen LogP contribution in [0.5, 0.6) is 0 Å². The van der Waals surface area contributed by atoms with Gasteiger partial charge in [0.05, 0.1) is 0 Å². The molecule has 2 aromatic rings. The number of nitrogens with zero attached hydrogens (tertiary/aromatic N) is 1. The van der Waals surface area contributed by atoms with Gasteiger partial charge in [0, 0.05) is 28.0 Å². The van der Waals surface area contributed by atoms with Crippen molar-refractivity contribution >= 4 is 39.2 Å². The van der Waals surface area contributed by atoms with Crippen molar-refractivity contribution in [2.24, 2.45) is 0 Å². The van der Waals surface area contributed by atoms with Crippen LogP contribution >= 0.6 is 15.9 Å². The third kappa shape index (κ3) is 5.35. The Morgan fingerprint density at radius 2 is 2.07 bits per heavy atom. The Morgan fingerprint density at radius 1 is 1.22 bits per heavy atom. The fourth-order valence-corrected chi connectivity index (χ4v) is 3.17. The number of anilines is 2. The molecule has 4 N–H and O–H groups in total. The summed E-state index contributed by atoms with van der Waals surface area (Å²) in [6, 6.07) is 10.4. The number of carbonyl (C=O) groups excluding carboxylic acids is 2. The lowest BCUT2D eigenvalue weighted by atomic mass is 10.1. The maximum Gasteiger partial charge on any atom is 0.256 e. The molecule has 8 heteroatoms. The molecule has 0 bridgehead atoms. The summed E-state index contributed by atoms with van der Waals surface area (Å²) >= 11 is 3.30. The molecule has 2 amide bonds. The van der Waals surface area contributed by atoms with E-state index in [2.05, 4.69) is 49.3 Å². The van der Waals surface area contributed by atoms with Gasteiger partial charge in [-0.05, 0) is 59.1 Å². The molecule has 1 saturated heterocycles. The molecule has 0 saturated carbocycles. The number of hydrazine groups is 1. The topological polar surface area (TPSA) is 95.2 Å². The van der Waals surface area contributed by atoms with Crippen molar-refractivity contribution in [3.8, 4) is 0 Å². The van der Waals surface area contributed by atoms with Gasteiger partial charge in [0.25, 0.3) is 5.91 Å². The Hall–Kier alpha value is -2.29. The number of rotatable bonds is 6. The van der Waals surface area contributed by atoms with E-state index in [9.17, 15) is 9.59 Å². The lowest BCUT2D eigenvalue weighted by molar-refractivity contribution is -0.117. The summed E-state index contributed by atoms with van der Waals surface area (Å²) in [5, 5.41) is 5.60. The van der Waals surface area contributed by atoms with Crippen LogP contribution < -0.4 is 21.5 Å². The summed E-state index contributed by atoms with van der Waals surface area (Å²) < 4.78 is 0.835. The van der Waals surface area contributed by atoms with Crippen LogP contribution in [0.2, 0.25) is 0 Å². The third-order valence-electron chi connectivity index (χ3n) is 4.30. The van der Waals surface area contributed by atoms with Crippen LogP contribution in [0.4, 0.5) is 11.5 Å². The summed E-state index contributed by atoms with van der Waals surface area (Å²) in [5.74, 6) is 0.0543. The van der Waals surface area contributed by atoms with Crippen LogP contribution in [0.15, 0.2) is 47.1 Å². The monoisotopic (exact) mass is 431 g/mol. The van der Waals surface area contributed by atoms with E-state index in [1.54, 1.807) is 42.6 Å². The molecule has 0 radical (unpaired) electrons. The summed E-state index contributed by atoms with van der Waals surface area (Å²) in [6.07, 6.45) is 4.45. The first-order chi connectivity index (χ1) is 13.0. The van der Waals surface area contributed by atoms with Crippen molar-refractivity contribution in [1.82, 2.24) is 15.8 Å². The Bertz CT molecular complexity index is 812. The van der Waals surface area contributed by atoms with Crippen LogP contribution in [-0.4, -0.2) is 28.9 Å². The number of halogens is 1. The zero-order valence-electron chi connectivity index (χ0n) is 15.0. The average molecular weight is 432 g/mol. The van der Waals surface area contributed by atoms with Gasteiger partial charge in [0.2, 0.25) is 5.91 Å². The van der Waals surface area contributed by atoms with Gasteiger partial charge in [0.1, 0.15) is 11.9 Å². The summed E-state index contributed by atoms with van der Waals surface area (Å²) in [6.45, 7) is 2.12. The Labute approximate surface area is 166 Å². The van der Waals surface area contributed by atoms with Crippen molar-refractivity contribution in [2.75, 3.05) is 10.6 Å². The molecule has 1 aromatic carbocycles. The Kier molecular flexibility index (Phi) is 6.54. The predicted octanol–water partition coefficient (Wildman–Crippen LogP) is 3.07. The Morgan fingerprint density at radius 3 is 2.81 bits per heavy atom. The first-order valence-electron chi connectivity index (χ1n) is 8.90. The number of carbonyl (C=O) groups is 2. The fourth-order valence-electron chi connectivity index (χ4n) is 2.94. The molecule has 2 heterocycles. The van der Waals surface area contributed by atoms with Gasteiger partial charge in [-0.2, -0.15) is 0 Å². The molecule has 2 atom stereocenters. The minimum Gasteiger partial charge on any atom is -0.325 e. The predicted molar refractivity (Wildman–Crippen MR) is 108 cm³/mol.